The highest BCUT2D eigenvalue weighted by Crippen LogP contribution is 2.07. The molecule has 5 nitrogen and oxygen atoms in total. The van der Waals surface area contributed by atoms with Gasteiger partial charge in [0.25, 0.3) is 0 Å². The second-order valence-corrected chi connectivity index (χ2v) is 5.63. The van der Waals surface area contributed by atoms with E-state index in [4.69, 9.17) is 5.11 Å². The van der Waals surface area contributed by atoms with Gasteiger partial charge in [0.2, 0.25) is 0 Å². The van der Waals surface area contributed by atoms with E-state index >= 15 is 0 Å². The van der Waals surface area contributed by atoms with E-state index in [-0.39, 0.29) is 18.6 Å². The molecule has 0 rings (SSSR count). The van der Waals surface area contributed by atoms with Crippen LogP contribution in [0.15, 0.2) is 60.4 Å². The number of carboxylic acids is 1. The molecular formula is C20H30O5. The Morgan fingerprint density at radius 1 is 0.960 bits per heavy atom. The molecule has 0 aromatic rings. The SMILES string of the molecule is CCCCC[C@H](O)[C@H](O)/C=C/C=C/C=C\C=C\C(O)=C\CCC(=O)O. The molecule has 4 N–H and O–H groups in total. The van der Waals surface area contributed by atoms with Crippen molar-refractivity contribution in [3.8, 4) is 0 Å². The monoisotopic (exact) mass is 350 g/mol. The smallest absolute Gasteiger partial charge is 0.303 e. The topological polar surface area (TPSA) is 98.0 Å². The molecule has 0 aromatic carbocycles. The molecule has 0 aliphatic rings. The maximum atomic E-state index is 10.3. The van der Waals surface area contributed by atoms with Crippen LogP contribution in [0, 0.1) is 0 Å². The highest BCUT2D eigenvalue weighted by Gasteiger charge is 2.11. The van der Waals surface area contributed by atoms with Crippen LogP contribution in [0.1, 0.15) is 45.4 Å². The summed E-state index contributed by atoms with van der Waals surface area (Å²) in [5.74, 6) is -0.875. The first-order valence-corrected chi connectivity index (χ1v) is 8.62. The third-order valence-electron chi connectivity index (χ3n) is 3.34. The molecule has 0 bridgehead atoms. The summed E-state index contributed by atoms with van der Waals surface area (Å²) in [6.07, 6.45) is 17.0. The van der Waals surface area contributed by atoms with Crippen molar-refractivity contribution in [2.75, 3.05) is 0 Å². The molecule has 0 amide bonds. The molecule has 0 saturated carbocycles. The summed E-state index contributed by atoms with van der Waals surface area (Å²) < 4.78 is 0. The van der Waals surface area contributed by atoms with E-state index in [1.54, 1.807) is 42.5 Å². The molecule has 0 unspecified atom stereocenters. The van der Waals surface area contributed by atoms with Gasteiger partial charge in [-0.15, -0.1) is 0 Å². The van der Waals surface area contributed by atoms with E-state index in [1.165, 1.54) is 12.2 Å². The van der Waals surface area contributed by atoms with Crippen LogP contribution < -0.4 is 0 Å². The van der Waals surface area contributed by atoms with Crippen molar-refractivity contribution >= 4 is 5.97 Å². The van der Waals surface area contributed by atoms with Gasteiger partial charge in [0.05, 0.1) is 12.2 Å². The van der Waals surface area contributed by atoms with Gasteiger partial charge in [0, 0.05) is 6.42 Å². The zero-order chi connectivity index (χ0) is 18.9. The Hall–Kier alpha value is -2.11. The van der Waals surface area contributed by atoms with E-state index in [0.29, 0.717) is 6.42 Å². The molecule has 0 aliphatic carbocycles. The zero-order valence-corrected chi connectivity index (χ0v) is 14.8. The number of hydrogen-bond acceptors (Lipinski definition) is 4. The lowest BCUT2D eigenvalue weighted by Crippen LogP contribution is -2.23. The van der Waals surface area contributed by atoms with Crippen molar-refractivity contribution in [3.05, 3.63) is 60.4 Å². The fourth-order valence-electron chi connectivity index (χ4n) is 1.90. The number of carbonyl (C=O) groups is 1. The summed E-state index contributed by atoms with van der Waals surface area (Å²) in [5.41, 5.74) is 0. The summed E-state index contributed by atoms with van der Waals surface area (Å²) in [5, 5.41) is 37.4. The van der Waals surface area contributed by atoms with Crippen LogP contribution in [-0.4, -0.2) is 38.6 Å². The molecule has 0 fully saturated rings. The van der Waals surface area contributed by atoms with Gasteiger partial charge in [-0.3, -0.25) is 4.79 Å². The number of aliphatic carboxylic acids is 1. The molecule has 0 spiro atoms. The Morgan fingerprint density at radius 3 is 2.24 bits per heavy atom. The van der Waals surface area contributed by atoms with Crippen molar-refractivity contribution in [2.45, 2.75) is 57.7 Å². The van der Waals surface area contributed by atoms with E-state index < -0.39 is 18.2 Å². The molecule has 0 aliphatic heterocycles. The maximum Gasteiger partial charge on any atom is 0.303 e. The third-order valence-corrected chi connectivity index (χ3v) is 3.34. The Kier molecular flexibility index (Phi) is 14.1. The Bertz CT molecular complexity index is 500. The fourth-order valence-corrected chi connectivity index (χ4v) is 1.90. The predicted molar refractivity (Wildman–Crippen MR) is 100 cm³/mol. The van der Waals surface area contributed by atoms with Crippen LogP contribution in [0.4, 0.5) is 0 Å². The molecule has 140 valence electrons. The standard InChI is InChI=1S/C20H30O5/c1-2-3-8-14-18(22)19(23)15-10-7-5-4-6-9-12-17(21)13-11-16-20(24)25/h4-7,9-10,12-13,15,18-19,21-23H,2-3,8,11,14,16H2,1H3,(H,24,25)/b6-4-,7-5+,12-9+,15-10+,17-13-/t18-,19+/m0/s1. The molecule has 2 atom stereocenters. The molecule has 0 heterocycles. The average molecular weight is 350 g/mol. The minimum Gasteiger partial charge on any atom is -0.508 e. The number of allylic oxidation sites excluding steroid dienone is 8. The predicted octanol–water partition coefficient (Wildman–Crippen LogP) is 3.82. The molecule has 0 radical (unpaired) electrons. The van der Waals surface area contributed by atoms with Gasteiger partial charge in [0.15, 0.2) is 0 Å². The highest BCUT2D eigenvalue weighted by molar-refractivity contribution is 5.66. The summed E-state index contributed by atoms with van der Waals surface area (Å²) >= 11 is 0. The number of rotatable bonds is 13. The number of aliphatic hydroxyl groups excluding tert-OH is 3. The molecular weight excluding hydrogens is 320 g/mol. The number of carboxylic acid groups (broad SMARTS) is 1. The van der Waals surface area contributed by atoms with Gasteiger partial charge in [-0.25, -0.2) is 0 Å². The first-order valence-electron chi connectivity index (χ1n) is 8.62. The van der Waals surface area contributed by atoms with Crippen LogP contribution in [0.25, 0.3) is 0 Å². The van der Waals surface area contributed by atoms with Crippen molar-refractivity contribution in [3.63, 3.8) is 0 Å². The minimum atomic E-state index is -0.898. The quantitative estimate of drug-likeness (QED) is 0.230. The van der Waals surface area contributed by atoms with E-state index in [1.807, 2.05) is 0 Å². The van der Waals surface area contributed by atoms with Crippen LogP contribution in [0.2, 0.25) is 0 Å². The van der Waals surface area contributed by atoms with Crippen LogP contribution in [-0.2, 0) is 4.79 Å². The van der Waals surface area contributed by atoms with Crippen LogP contribution in [0.5, 0.6) is 0 Å². The zero-order valence-electron chi connectivity index (χ0n) is 14.8. The van der Waals surface area contributed by atoms with Crippen LogP contribution >= 0.6 is 0 Å². The average Bonchev–Trinajstić information content (AvgIpc) is 2.56. The second kappa shape index (κ2) is 15.4. The van der Waals surface area contributed by atoms with Gasteiger partial charge in [-0.1, -0.05) is 68.7 Å². The van der Waals surface area contributed by atoms with Gasteiger partial charge < -0.3 is 20.4 Å². The second-order valence-electron chi connectivity index (χ2n) is 5.63. The minimum absolute atomic E-state index is 0.0119. The molecule has 25 heavy (non-hydrogen) atoms. The lowest BCUT2D eigenvalue weighted by Gasteiger charge is -2.13. The van der Waals surface area contributed by atoms with Gasteiger partial charge in [0.1, 0.15) is 5.76 Å². The molecule has 0 aromatic heterocycles. The molecule has 5 heteroatoms. The third kappa shape index (κ3) is 15.2. The van der Waals surface area contributed by atoms with Gasteiger partial charge in [-0.05, 0) is 25.0 Å². The number of aliphatic hydroxyl groups is 3. The lowest BCUT2D eigenvalue weighted by molar-refractivity contribution is -0.136. The van der Waals surface area contributed by atoms with E-state index in [2.05, 4.69) is 6.92 Å². The van der Waals surface area contributed by atoms with Crippen molar-refractivity contribution in [1.82, 2.24) is 0 Å². The fraction of sp³-hybridized carbons (Fsp3) is 0.450. The van der Waals surface area contributed by atoms with Crippen molar-refractivity contribution in [2.24, 2.45) is 0 Å². The summed E-state index contributed by atoms with van der Waals surface area (Å²) in [4.78, 5) is 10.3. The number of unbranched alkanes of at least 4 members (excludes halogenated alkanes) is 2. The van der Waals surface area contributed by atoms with Crippen molar-refractivity contribution in [1.29, 1.82) is 0 Å². The lowest BCUT2D eigenvalue weighted by atomic mass is 10.1. The first-order chi connectivity index (χ1) is 12.0. The van der Waals surface area contributed by atoms with E-state index in [0.717, 1.165) is 19.3 Å². The Labute approximate surface area is 150 Å². The summed E-state index contributed by atoms with van der Waals surface area (Å²) in [7, 11) is 0. The number of hydrogen-bond donors (Lipinski definition) is 4. The largest absolute Gasteiger partial charge is 0.508 e. The van der Waals surface area contributed by atoms with Crippen LogP contribution in [0.3, 0.4) is 0 Å². The van der Waals surface area contributed by atoms with Gasteiger partial charge in [-0.2, -0.15) is 0 Å². The Balaban J connectivity index is 4.07. The first kappa shape index (κ1) is 22.9. The highest BCUT2D eigenvalue weighted by atomic mass is 16.4. The summed E-state index contributed by atoms with van der Waals surface area (Å²) in [6.45, 7) is 2.09. The normalized spacial score (nSPS) is 15.7. The van der Waals surface area contributed by atoms with E-state index in [9.17, 15) is 20.1 Å². The maximum absolute atomic E-state index is 10.3. The van der Waals surface area contributed by atoms with Gasteiger partial charge >= 0.3 is 5.97 Å². The summed E-state index contributed by atoms with van der Waals surface area (Å²) in [6, 6.07) is 0. The van der Waals surface area contributed by atoms with Crippen molar-refractivity contribution < 1.29 is 25.2 Å². The molecule has 0 saturated heterocycles. The Morgan fingerprint density at radius 2 is 1.60 bits per heavy atom.